The monoisotopic (exact) mass is 377 g/mol. The van der Waals surface area contributed by atoms with Gasteiger partial charge >= 0.3 is 0 Å². The van der Waals surface area contributed by atoms with Crippen LogP contribution in [-0.2, 0) is 24.8 Å². The number of amides is 1. The van der Waals surface area contributed by atoms with Gasteiger partial charge in [-0.25, -0.2) is 8.42 Å². The standard InChI is InChI=1S/C20H27NO4S/c1-26(23,24)15-7-5-14(6-8-15)20(10-3-2-4-11-20)19(22)21-17-13-18-16(17)9-12-25-18/h5-8,16-18H,2-4,9-13H2,1H3,(H,21,22)/t16-,17+,18+/m0/s1. The molecule has 3 fully saturated rings. The molecule has 1 saturated heterocycles. The van der Waals surface area contributed by atoms with Crippen LogP contribution in [0.5, 0.6) is 0 Å². The Balaban J connectivity index is 1.58. The molecule has 5 nitrogen and oxygen atoms in total. The lowest BCUT2D eigenvalue weighted by molar-refractivity contribution is -0.131. The van der Waals surface area contributed by atoms with Crippen molar-refractivity contribution >= 4 is 15.7 Å². The van der Waals surface area contributed by atoms with Crippen LogP contribution in [0.1, 0.15) is 50.5 Å². The fourth-order valence-corrected chi connectivity index (χ4v) is 5.52. The molecule has 0 bridgehead atoms. The first kappa shape index (κ1) is 18.0. The summed E-state index contributed by atoms with van der Waals surface area (Å²) in [5, 5.41) is 3.30. The molecular weight excluding hydrogens is 350 g/mol. The lowest BCUT2D eigenvalue weighted by Crippen LogP contribution is -2.58. The zero-order chi connectivity index (χ0) is 18.4. The number of hydrogen-bond donors (Lipinski definition) is 1. The SMILES string of the molecule is CS(=O)(=O)c1ccc(C2(C(=O)N[C@@H]3C[C@H]4OCC[C@@H]34)CCCCC2)cc1. The molecule has 1 N–H and O–H groups in total. The predicted molar refractivity (Wildman–Crippen MR) is 98.7 cm³/mol. The third-order valence-electron chi connectivity index (χ3n) is 6.56. The minimum absolute atomic E-state index is 0.111. The van der Waals surface area contributed by atoms with Crippen molar-refractivity contribution in [3.8, 4) is 0 Å². The Morgan fingerprint density at radius 3 is 2.46 bits per heavy atom. The van der Waals surface area contributed by atoms with E-state index in [0.717, 1.165) is 57.1 Å². The van der Waals surface area contributed by atoms with Gasteiger partial charge in [0.1, 0.15) is 0 Å². The van der Waals surface area contributed by atoms with Crippen LogP contribution in [0.15, 0.2) is 29.2 Å². The Hall–Kier alpha value is -1.40. The second kappa shape index (κ2) is 6.64. The molecule has 26 heavy (non-hydrogen) atoms. The second-order valence-electron chi connectivity index (χ2n) is 8.12. The summed E-state index contributed by atoms with van der Waals surface area (Å²) in [6.07, 6.45) is 8.35. The summed E-state index contributed by atoms with van der Waals surface area (Å²) in [7, 11) is -3.23. The highest BCUT2D eigenvalue weighted by Crippen LogP contribution is 2.43. The van der Waals surface area contributed by atoms with Gasteiger partial charge in [-0.3, -0.25) is 4.79 Å². The number of ether oxygens (including phenoxy) is 1. The minimum Gasteiger partial charge on any atom is -0.378 e. The average Bonchev–Trinajstić information content (AvgIpc) is 3.00. The number of hydrogen-bond acceptors (Lipinski definition) is 4. The smallest absolute Gasteiger partial charge is 0.230 e. The van der Waals surface area contributed by atoms with Gasteiger partial charge in [-0.2, -0.15) is 0 Å². The number of sulfone groups is 1. The van der Waals surface area contributed by atoms with E-state index in [4.69, 9.17) is 4.74 Å². The molecule has 0 spiro atoms. The predicted octanol–water partition coefficient (Wildman–Crippen LogP) is 2.59. The molecule has 6 heteroatoms. The summed E-state index contributed by atoms with van der Waals surface area (Å²) in [4.78, 5) is 13.6. The Morgan fingerprint density at radius 2 is 1.85 bits per heavy atom. The van der Waals surface area contributed by atoms with Crippen LogP contribution in [0.25, 0.3) is 0 Å². The highest BCUT2D eigenvalue weighted by molar-refractivity contribution is 7.90. The lowest BCUT2D eigenvalue weighted by atomic mass is 9.68. The van der Waals surface area contributed by atoms with Crippen LogP contribution in [0.3, 0.4) is 0 Å². The summed E-state index contributed by atoms with van der Waals surface area (Å²) < 4.78 is 29.1. The van der Waals surface area contributed by atoms with E-state index < -0.39 is 15.3 Å². The van der Waals surface area contributed by atoms with Crippen LogP contribution < -0.4 is 5.32 Å². The minimum atomic E-state index is -3.23. The maximum absolute atomic E-state index is 13.3. The molecule has 142 valence electrons. The van der Waals surface area contributed by atoms with E-state index in [2.05, 4.69) is 5.32 Å². The average molecular weight is 378 g/mol. The fourth-order valence-electron chi connectivity index (χ4n) is 4.89. The normalized spacial score (nSPS) is 30.3. The summed E-state index contributed by atoms with van der Waals surface area (Å²) in [5.74, 6) is 0.576. The molecule has 1 amide bonds. The quantitative estimate of drug-likeness (QED) is 0.875. The van der Waals surface area contributed by atoms with E-state index in [-0.39, 0.29) is 11.9 Å². The first-order chi connectivity index (χ1) is 12.4. The van der Waals surface area contributed by atoms with Crippen LogP contribution in [0.2, 0.25) is 0 Å². The number of nitrogens with one attached hydrogen (secondary N) is 1. The van der Waals surface area contributed by atoms with E-state index in [9.17, 15) is 13.2 Å². The van der Waals surface area contributed by atoms with E-state index in [1.165, 1.54) is 6.26 Å². The molecule has 3 atom stereocenters. The Bertz CT molecular complexity index is 781. The van der Waals surface area contributed by atoms with E-state index in [1.54, 1.807) is 12.1 Å². The molecule has 2 saturated carbocycles. The topological polar surface area (TPSA) is 72.5 Å². The summed E-state index contributed by atoms with van der Waals surface area (Å²) in [6.45, 7) is 0.805. The van der Waals surface area contributed by atoms with Crippen molar-refractivity contribution < 1.29 is 17.9 Å². The van der Waals surface area contributed by atoms with Crippen LogP contribution in [0.4, 0.5) is 0 Å². The van der Waals surface area contributed by atoms with Gasteiger partial charge in [-0.05, 0) is 43.4 Å². The number of rotatable bonds is 4. The van der Waals surface area contributed by atoms with Gasteiger partial charge in [0.15, 0.2) is 9.84 Å². The van der Waals surface area contributed by atoms with Crippen molar-refractivity contribution in [1.29, 1.82) is 0 Å². The number of carbonyl (C=O) groups is 1. The molecular formula is C20H27NO4S. The molecule has 2 aliphatic carbocycles. The summed E-state index contributed by atoms with van der Waals surface area (Å²) >= 11 is 0. The zero-order valence-corrected chi connectivity index (χ0v) is 16.1. The van der Waals surface area contributed by atoms with Crippen LogP contribution >= 0.6 is 0 Å². The number of carbonyl (C=O) groups excluding carboxylic acids is 1. The van der Waals surface area contributed by atoms with Gasteiger partial charge in [0.25, 0.3) is 0 Å². The van der Waals surface area contributed by atoms with Gasteiger partial charge in [-0.15, -0.1) is 0 Å². The maximum atomic E-state index is 13.3. The summed E-state index contributed by atoms with van der Waals surface area (Å²) in [6, 6.07) is 7.17. The third-order valence-corrected chi connectivity index (χ3v) is 7.69. The van der Waals surface area contributed by atoms with Crippen molar-refractivity contribution in [2.24, 2.45) is 5.92 Å². The largest absolute Gasteiger partial charge is 0.378 e. The Labute approximate surface area is 155 Å². The first-order valence-corrected chi connectivity index (χ1v) is 11.5. The summed E-state index contributed by atoms with van der Waals surface area (Å²) in [5.41, 5.74) is 0.416. The van der Waals surface area contributed by atoms with Gasteiger partial charge < -0.3 is 10.1 Å². The van der Waals surface area contributed by atoms with Gasteiger partial charge in [0.05, 0.1) is 16.4 Å². The molecule has 1 aromatic carbocycles. The maximum Gasteiger partial charge on any atom is 0.230 e. The van der Waals surface area contributed by atoms with Crippen molar-refractivity contribution in [2.45, 2.75) is 67.4 Å². The molecule has 1 aliphatic heterocycles. The van der Waals surface area contributed by atoms with Crippen molar-refractivity contribution in [3.63, 3.8) is 0 Å². The lowest BCUT2D eigenvalue weighted by Gasteiger charge is -2.43. The van der Waals surface area contributed by atoms with E-state index in [0.29, 0.717) is 16.9 Å². The molecule has 1 heterocycles. The van der Waals surface area contributed by atoms with E-state index >= 15 is 0 Å². The van der Waals surface area contributed by atoms with Crippen LogP contribution in [-0.4, -0.2) is 39.3 Å². The molecule has 4 rings (SSSR count). The third kappa shape index (κ3) is 3.07. The van der Waals surface area contributed by atoms with Crippen LogP contribution in [0, 0.1) is 5.92 Å². The van der Waals surface area contributed by atoms with Crippen molar-refractivity contribution in [1.82, 2.24) is 5.32 Å². The molecule has 0 radical (unpaired) electrons. The number of fused-ring (bicyclic) bond motifs is 1. The van der Waals surface area contributed by atoms with E-state index in [1.807, 2.05) is 12.1 Å². The zero-order valence-electron chi connectivity index (χ0n) is 15.2. The van der Waals surface area contributed by atoms with Gasteiger partial charge in [0, 0.05) is 24.8 Å². The fraction of sp³-hybridized carbons (Fsp3) is 0.650. The molecule has 3 aliphatic rings. The molecule has 0 aromatic heterocycles. The Kier molecular flexibility index (Phi) is 4.59. The number of benzene rings is 1. The van der Waals surface area contributed by atoms with Gasteiger partial charge in [0.2, 0.25) is 5.91 Å². The van der Waals surface area contributed by atoms with Gasteiger partial charge in [-0.1, -0.05) is 31.4 Å². The van der Waals surface area contributed by atoms with Crippen molar-refractivity contribution in [3.05, 3.63) is 29.8 Å². The Morgan fingerprint density at radius 1 is 1.15 bits per heavy atom. The highest BCUT2D eigenvalue weighted by atomic mass is 32.2. The molecule has 0 unspecified atom stereocenters. The van der Waals surface area contributed by atoms with Crippen molar-refractivity contribution in [2.75, 3.05) is 12.9 Å². The highest BCUT2D eigenvalue weighted by Gasteiger charge is 2.49. The second-order valence-corrected chi connectivity index (χ2v) is 10.1. The first-order valence-electron chi connectivity index (χ1n) is 9.63. The molecule has 1 aromatic rings.